The average molecular weight is 157 g/mol. The lowest BCUT2D eigenvalue weighted by Crippen LogP contribution is -2.06. The van der Waals surface area contributed by atoms with E-state index in [4.69, 9.17) is 14.7 Å². The molecule has 11 heavy (non-hydrogen) atoms. The molecule has 0 heterocycles. The number of hydrogen-bond donors (Lipinski definition) is 0. The van der Waals surface area contributed by atoms with Crippen LogP contribution in [0.5, 0.6) is 0 Å². The maximum atomic E-state index is 9.73. The van der Waals surface area contributed by atoms with Crippen molar-refractivity contribution in [2.45, 2.75) is 6.42 Å². The first-order chi connectivity index (χ1) is 5.41. The van der Waals surface area contributed by atoms with E-state index in [1.165, 1.54) is 0 Å². The van der Waals surface area contributed by atoms with Gasteiger partial charge in [-0.1, -0.05) is 0 Å². The Morgan fingerprint density at radius 3 is 2.64 bits per heavy atom. The fourth-order valence-corrected chi connectivity index (χ4v) is 0.469. The van der Waals surface area contributed by atoms with Gasteiger partial charge in [0.2, 0.25) is 0 Å². The lowest BCUT2D eigenvalue weighted by atomic mass is 10.5. The highest BCUT2D eigenvalue weighted by Crippen LogP contribution is 1.80. The van der Waals surface area contributed by atoms with Crippen molar-refractivity contribution in [2.75, 3.05) is 26.4 Å². The van der Waals surface area contributed by atoms with Crippen molar-refractivity contribution in [1.29, 1.82) is 5.26 Å². The third-order valence-corrected chi connectivity index (χ3v) is 0.916. The molecule has 0 N–H and O–H groups in total. The molecule has 4 heteroatoms. The first-order valence-electron chi connectivity index (χ1n) is 3.38. The average Bonchev–Trinajstić information content (AvgIpc) is 2.03. The van der Waals surface area contributed by atoms with E-state index < -0.39 is 0 Å². The second-order valence-corrected chi connectivity index (χ2v) is 1.76. The van der Waals surface area contributed by atoms with Crippen LogP contribution in [-0.2, 0) is 14.3 Å². The molecule has 0 aromatic carbocycles. The van der Waals surface area contributed by atoms with Crippen LogP contribution in [0.3, 0.4) is 0 Å². The smallest absolute Gasteiger partial charge is 0.145 e. The third kappa shape index (κ3) is 9.08. The molecule has 0 unspecified atom stereocenters. The van der Waals surface area contributed by atoms with E-state index in [0.717, 1.165) is 0 Å². The van der Waals surface area contributed by atoms with Gasteiger partial charge in [0.25, 0.3) is 0 Å². The van der Waals surface area contributed by atoms with Gasteiger partial charge in [0.1, 0.15) is 12.9 Å². The molecule has 0 aliphatic heterocycles. The largest absolute Gasteiger partial charge is 0.378 e. The van der Waals surface area contributed by atoms with Gasteiger partial charge in [-0.15, -0.1) is 0 Å². The number of nitrogens with zero attached hydrogens (tertiary/aromatic N) is 1. The first-order valence-corrected chi connectivity index (χ1v) is 3.38. The Hall–Kier alpha value is -0.920. The quantitative estimate of drug-likeness (QED) is 0.389. The molecule has 0 bridgehead atoms. The van der Waals surface area contributed by atoms with Gasteiger partial charge >= 0.3 is 0 Å². The maximum absolute atomic E-state index is 9.73. The van der Waals surface area contributed by atoms with Crippen LogP contribution >= 0.6 is 0 Å². The lowest BCUT2D eigenvalue weighted by Gasteiger charge is -1.99. The van der Waals surface area contributed by atoms with Crippen LogP contribution in [0.2, 0.25) is 0 Å². The Labute approximate surface area is 65.7 Å². The van der Waals surface area contributed by atoms with Crippen molar-refractivity contribution in [3.8, 4) is 6.07 Å². The first kappa shape index (κ1) is 10.1. The van der Waals surface area contributed by atoms with Gasteiger partial charge in [-0.05, 0) is 0 Å². The van der Waals surface area contributed by atoms with Crippen LogP contribution in [0.15, 0.2) is 0 Å². The molecule has 0 aromatic heterocycles. The SMILES string of the molecule is N#CCCOCCOCC=O. The van der Waals surface area contributed by atoms with E-state index in [1.54, 1.807) is 0 Å². The van der Waals surface area contributed by atoms with Crippen LogP contribution in [-0.4, -0.2) is 32.7 Å². The molecule has 0 fully saturated rings. The Bertz CT molecular complexity index is 130. The van der Waals surface area contributed by atoms with Crippen molar-refractivity contribution >= 4 is 6.29 Å². The molecule has 0 spiro atoms. The minimum atomic E-state index is 0.113. The van der Waals surface area contributed by atoms with E-state index in [1.807, 2.05) is 6.07 Å². The van der Waals surface area contributed by atoms with Crippen molar-refractivity contribution in [1.82, 2.24) is 0 Å². The van der Waals surface area contributed by atoms with Crippen LogP contribution in [0.4, 0.5) is 0 Å². The molecule has 0 atom stereocenters. The van der Waals surface area contributed by atoms with Gasteiger partial charge in [0, 0.05) is 0 Å². The molecule has 0 rings (SSSR count). The molecular formula is C7H11NO3. The summed E-state index contributed by atoms with van der Waals surface area (Å²) in [6.07, 6.45) is 1.09. The number of hydrogen-bond acceptors (Lipinski definition) is 4. The van der Waals surface area contributed by atoms with Gasteiger partial charge in [-0.2, -0.15) is 5.26 Å². The van der Waals surface area contributed by atoms with Crippen molar-refractivity contribution < 1.29 is 14.3 Å². The minimum Gasteiger partial charge on any atom is -0.378 e. The highest BCUT2D eigenvalue weighted by Gasteiger charge is 1.87. The number of rotatable bonds is 7. The number of nitriles is 1. The highest BCUT2D eigenvalue weighted by atomic mass is 16.5. The summed E-state index contributed by atoms with van der Waals surface area (Å²) in [6, 6.07) is 1.95. The van der Waals surface area contributed by atoms with Crippen LogP contribution in [0, 0.1) is 11.3 Å². The molecule has 0 aliphatic rings. The lowest BCUT2D eigenvalue weighted by molar-refractivity contribution is -0.112. The summed E-state index contributed by atoms with van der Waals surface area (Å²) in [4.78, 5) is 9.73. The number of aldehydes is 1. The maximum Gasteiger partial charge on any atom is 0.145 e. The zero-order chi connectivity index (χ0) is 8.36. The van der Waals surface area contributed by atoms with E-state index >= 15 is 0 Å². The normalized spacial score (nSPS) is 9.00. The van der Waals surface area contributed by atoms with Crippen molar-refractivity contribution in [2.24, 2.45) is 0 Å². The van der Waals surface area contributed by atoms with Gasteiger partial charge in [-0.3, -0.25) is 0 Å². The van der Waals surface area contributed by atoms with Crippen LogP contribution in [0.1, 0.15) is 6.42 Å². The fraction of sp³-hybridized carbons (Fsp3) is 0.714. The Morgan fingerprint density at radius 2 is 2.00 bits per heavy atom. The molecule has 4 nitrogen and oxygen atoms in total. The van der Waals surface area contributed by atoms with E-state index in [9.17, 15) is 4.79 Å². The van der Waals surface area contributed by atoms with Crippen LogP contribution in [0.25, 0.3) is 0 Å². The summed E-state index contributed by atoms with van der Waals surface area (Å²) in [6.45, 7) is 1.39. The van der Waals surface area contributed by atoms with Gasteiger partial charge < -0.3 is 14.3 Å². The summed E-state index contributed by atoms with van der Waals surface area (Å²) in [7, 11) is 0. The molecule has 0 aliphatic carbocycles. The van der Waals surface area contributed by atoms with Gasteiger partial charge in [-0.25, -0.2) is 0 Å². The molecular weight excluding hydrogens is 146 g/mol. The van der Waals surface area contributed by atoms with Crippen molar-refractivity contribution in [3.63, 3.8) is 0 Å². The Kier molecular flexibility index (Phi) is 8.32. The number of carbonyl (C=O) groups excluding carboxylic acids is 1. The van der Waals surface area contributed by atoms with E-state index in [2.05, 4.69) is 0 Å². The highest BCUT2D eigenvalue weighted by molar-refractivity contribution is 5.50. The molecule has 0 amide bonds. The topological polar surface area (TPSA) is 59.3 Å². The van der Waals surface area contributed by atoms with Gasteiger partial charge in [0.05, 0.1) is 32.3 Å². The van der Waals surface area contributed by atoms with Crippen LogP contribution < -0.4 is 0 Å². The number of ether oxygens (including phenoxy) is 2. The van der Waals surface area contributed by atoms with E-state index in [0.29, 0.717) is 32.5 Å². The molecule has 0 saturated carbocycles. The zero-order valence-corrected chi connectivity index (χ0v) is 6.28. The molecule has 62 valence electrons. The zero-order valence-electron chi connectivity index (χ0n) is 6.28. The second-order valence-electron chi connectivity index (χ2n) is 1.76. The molecule has 0 saturated heterocycles. The molecule has 0 aromatic rings. The molecule has 0 radical (unpaired) electrons. The number of carbonyl (C=O) groups is 1. The standard InChI is InChI=1S/C7H11NO3/c8-2-1-4-10-6-7-11-5-3-9/h3H,1,4-7H2. The predicted molar refractivity (Wildman–Crippen MR) is 37.9 cm³/mol. The summed E-state index contributed by atoms with van der Waals surface area (Å²) >= 11 is 0. The van der Waals surface area contributed by atoms with E-state index in [-0.39, 0.29) is 6.61 Å². The summed E-state index contributed by atoms with van der Waals surface area (Å²) in [5.74, 6) is 0. The van der Waals surface area contributed by atoms with Gasteiger partial charge in [0.15, 0.2) is 0 Å². The van der Waals surface area contributed by atoms with Crippen molar-refractivity contribution in [3.05, 3.63) is 0 Å². The minimum absolute atomic E-state index is 0.113. The summed E-state index contributed by atoms with van der Waals surface area (Å²) in [5.41, 5.74) is 0. The Morgan fingerprint density at radius 1 is 1.27 bits per heavy atom. The Balaban J connectivity index is 2.80. The monoisotopic (exact) mass is 157 g/mol. The fourth-order valence-electron chi connectivity index (χ4n) is 0.469. The summed E-state index contributed by atoms with van der Waals surface area (Å²) < 4.78 is 9.74. The predicted octanol–water partition coefficient (Wildman–Crippen LogP) is 0.132. The third-order valence-electron chi connectivity index (χ3n) is 0.916. The summed E-state index contributed by atoms with van der Waals surface area (Å²) in [5, 5.41) is 8.10. The second kappa shape index (κ2) is 9.08.